The van der Waals surface area contributed by atoms with E-state index in [-0.39, 0.29) is 23.8 Å². The molecule has 10 heteroatoms. The monoisotopic (exact) mass is 495 g/mol. The Bertz CT molecular complexity index is 1460. The van der Waals surface area contributed by atoms with Crippen LogP contribution >= 0.6 is 11.8 Å². The number of aromatic nitrogens is 4. The van der Waals surface area contributed by atoms with E-state index in [9.17, 15) is 14.0 Å². The van der Waals surface area contributed by atoms with Crippen LogP contribution in [0.4, 0.5) is 10.1 Å². The molecule has 0 unspecified atom stereocenters. The molecule has 4 aromatic rings. The lowest BCUT2D eigenvalue weighted by Gasteiger charge is -2.13. The summed E-state index contributed by atoms with van der Waals surface area (Å²) in [6.07, 6.45) is 0. The van der Waals surface area contributed by atoms with Crippen molar-refractivity contribution >= 4 is 34.4 Å². The van der Waals surface area contributed by atoms with Crippen LogP contribution in [0.25, 0.3) is 11.0 Å². The minimum Gasteiger partial charge on any atom is -0.497 e. The lowest BCUT2D eigenvalue weighted by Crippen LogP contribution is -2.26. The van der Waals surface area contributed by atoms with E-state index in [0.29, 0.717) is 45.4 Å². The molecule has 0 aliphatic heterocycles. The Hall–Kier alpha value is -3.66. The van der Waals surface area contributed by atoms with E-state index in [1.807, 2.05) is 31.2 Å². The van der Waals surface area contributed by atoms with Gasteiger partial charge < -0.3 is 10.1 Å². The van der Waals surface area contributed by atoms with Gasteiger partial charge in [-0.1, -0.05) is 30.0 Å². The maximum atomic E-state index is 13.8. The van der Waals surface area contributed by atoms with E-state index in [2.05, 4.69) is 10.4 Å². The number of methoxy groups -OCH3 is 1. The number of anilines is 1. The molecule has 182 valence electrons. The van der Waals surface area contributed by atoms with Crippen LogP contribution in [0.5, 0.6) is 5.75 Å². The van der Waals surface area contributed by atoms with Crippen LogP contribution in [0.15, 0.2) is 52.4 Å². The number of ether oxygens (including phenoxy) is 1. The van der Waals surface area contributed by atoms with Crippen molar-refractivity contribution in [3.8, 4) is 5.75 Å². The minimum absolute atomic E-state index is 0.00743. The fourth-order valence-electron chi connectivity index (χ4n) is 3.72. The first kappa shape index (κ1) is 24.5. The van der Waals surface area contributed by atoms with Gasteiger partial charge in [-0.25, -0.2) is 9.37 Å². The van der Waals surface area contributed by atoms with Crippen LogP contribution in [0.1, 0.15) is 23.7 Å². The van der Waals surface area contributed by atoms with Crippen LogP contribution in [0, 0.1) is 19.7 Å². The second-order valence-corrected chi connectivity index (χ2v) is 8.98. The van der Waals surface area contributed by atoms with E-state index in [1.165, 1.54) is 6.07 Å². The van der Waals surface area contributed by atoms with Crippen molar-refractivity contribution in [2.75, 3.05) is 18.2 Å². The Morgan fingerprint density at radius 3 is 2.71 bits per heavy atom. The fourth-order valence-corrected chi connectivity index (χ4v) is 4.51. The number of amides is 1. The smallest absolute Gasteiger partial charge is 0.280 e. The molecule has 1 amide bonds. The minimum atomic E-state index is -0.391. The fraction of sp³-hybridized carbons (Fsp3) is 0.280. The number of benzene rings is 2. The van der Waals surface area contributed by atoms with Crippen molar-refractivity contribution in [1.29, 1.82) is 0 Å². The molecule has 4 rings (SSSR count). The highest BCUT2D eigenvalue weighted by Gasteiger charge is 2.19. The topological polar surface area (TPSA) is 91.0 Å². The van der Waals surface area contributed by atoms with Gasteiger partial charge in [-0.15, -0.1) is 0 Å². The summed E-state index contributed by atoms with van der Waals surface area (Å²) in [5.74, 6) is -0.0514. The largest absolute Gasteiger partial charge is 0.497 e. The number of fused-ring (bicyclic) bond motifs is 1. The van der Waals surface area contributed by atoms with Gasteiger partial charge in [0.1, 0.15) is 17.1 Å². The first-order chi connectivity index (χ1) is 16.8. The molecule has 2 aromatic heterocycles. The zero-order valence-electron chi connectivity index (χ0n) is 20.0. The van der Waals surface area contributed by atoms with Gasteiger partial charge >= 0.3 is 0 Å². The Morgan fingerprint density at radius 1 is 1.20 bits per heavy atom. The van der Waals surface area contributed by atoms with Crippen molar-refractivity contribution in [2.24, 2.45) is 0 Å². The highest BCUT2D eigenvalue weighted by molar-refractivity contribution is 7.99. The summed E-state index contributed by atoms with van der Waals surface area (Å²) in [7, 11) is 1.58. The zero-order chi connectivity index (χ0) is 25.1. The molecule has 0 saturated heterocycles. The highest BCUT2D eigenvalue weighted by atomic mass is 32.2. The summed E-state index contributed by atoms with van der Waals surface area (Å²) in [5, 5.41) is 7.54. The highest BCUT2D eigenvalue weighted by Crippen LogP contribution is 2.23. The van der Waals surface area contributed by atoms with E-state index >= 15 is 0 Å². The molecule has 2 aromatic carbocycles. The van der Waals surface area contributed by atoms with Crippen LogP contribution in [0.2, 0.25) is 0 Å². The molecule has 1 N–H and O–H groups in total. The molecule has 0 aliphatic rings. The van der Waals surface area contributed by atoms with Gasteiger partial charge in [0.05, 0.1) is 25.1 Å². The lowest BCUT2D eigenvalue weighted by molar-refractivity contribution is -0.113. The standard InChI is InChI=1S/C25H26FN5O3S/c1-5-31-23-22(16(3)29-31)28-25(30(24(23)33)13-17-7-6-8-19(11-17)34-4)35-14-21(32)27-18-10-9-15(2)20(26)12-18/h6-12H,5,13-14H2,1-4H3,(H,27,32). The van der Waals surface area contributed by atoms with Gasteiger partial charge in [0.25, 0.3) is 5.56 Å². The van der Waals surface area contributed by atoms with Crippen molar-refractivity contribution in [3.63, 3.8) is 0 Å². The van der Waals surface area contributed by atoms with Crippen molar-refractivity contribution in [3.05, 3.63) is 75.5 Å². The summed E-state index contributed by atoms with van der Waals surface area (Å²) in [6.45, 7) is 6.16. The second-order valence-electron chi connectivity index (χ2n) is 8.04. The first-order valence-electron chi connectivity index (χ1n) is 11.1. The van der Waals surface area contributed by atoms with Crippen molar-refractivity contribution in [1.82, 2.24) is 19.3 Å². The molecular weight excluding hydrogens is 469 g/mol. The van der Waals surface area contributed by atoms with Crippen LogP contribution < -0.4 is 15.6 Å². The number of aryl methyl sites for hydroxylation is 3. The van der Waals surface area contributed by atoms with E-state index < -0.39 is 5.82 Å². The third-order valence-corrected chi connectivity index (χ3v) is 6.52. The second kappa shape index (κ2) is 10.3. The Kier molecular flexibility index (Phi) is 7.20. The van der Waals surface area contributed by atoms with Crippen LogP contribution in [-0.4, -0.2) is 38.1 Å². The summed E-state index contributed by atoms with van der Waals surface area (Å²) >= 11 is 1.14. The number of nitrogens with zero attached hydrogens (tertiary/aromatic N) is 4. The summed E-state index contributed by atoms with van der Waals surface area (Å²) in [6, 6.07) is 12.0. The van der Waals surface area contributed by atoms with E-state index in [4.69, 9.17) is 9.72 Å². The Morgan fingerprint density at radius 2 is 2.00 bits per heavy atom. The average Bonchev–Trinajstić information content (AvgIpc) is 3.17. The third kappa shape index (κ3) is 5.22. The number of carbonyl (C=O) groups excluding carboxylic acids is 1. The normalized spacial score (nSPS) is 11.1. The van der Waals surface area contributed by atoms with Crippen LogP contribution in [-0.2, 0) is 17.9 Å². The molecular formula is C25H26FN5O3S. The number of nitrogens with one attached hydrogen (secondary N) is 1. The van der Waals surface area contributed by atoms with E-state index in [1.54, 1.807) is 42.3 Å². The molecule has 2 heterocycles. The number of rotatable bonds is 8. The molecule has 0 bridgehead atoms. The molecule has 0 atom stereocenters. The lowest BCUT2D eigenvalue weighted by atomic mass is 10.2. The molecule has 0 radical (unpaired) electrons. The molecule has 0 fully saturated rings. The number of carbonyl (C=O) groups is 1. The Balaban J connectivity index is 1.67. The molecule has 0 spiro atoms. The Labute approximate surface area is 206 Å². The number of thioether (sulfide) groups is 1. The number of hydrogen-bond acceptors (Lipinski definition) is 6. The van der Waals surface area contributed by atoms with Crippen molar-refractivity contribution in [2.45, 2.75) is 39.0 Å². The zero-order valence-corrected chi connectivity index (χ0v) is 20.8. The van der Waals surface area contributed by atoms with Gasteiger partial charge in [0.15, 0.2) is 10.7 Å². The SMILES string of the molecule is CCn1nc(C)c2nc(SCC(=O)Nc3ccc(C)c(F)c3)n(Cc3cccc(OC)c3)c(=O)c21. The molecule has 8 nitrogen and oxygen atoms in total. The molecule has 0 saturated carbocycles. The molecule has 35 heavy (non-hydrogen) atoms. The van der Waals surface area contributed by atoms with Crippen LogP contribution in [0.3, 0.4) is 0 Å². The first-order valence-corrected chi connectivity index (χ1v) is 12.1. The predicted octanol–water partition coefficient (Wildman–Crippen LogP) is 4.16. The number of halogens is 1. The maximum Gasteiger partial charge on any atom is 0.280 e. The van der Waals surface area contributed by atoms with Crippen molar-refractivity contribution < 1.29 is 13.9 Å². The van der Waals surface area contributed by atoms with Gasteiger partial charge in [-0.2, -0.15) is 5.10 Å². The summed E-state index contributed by atoms with van der Waals surface area (Å²) < 4.78 is 22.3. The predicted molar refractivity (Wildman–Crippen MR) is 135 cm³/mol. The van der Waals surface area contributed by atoms with E-state index in [0.717, 1.165) is 17.3 Å². The summed E-state index contributed by atoms with van der Waals surface area (Å²) in [5.41, 5.74) is 3.08. The average molecular weight is 496 g/mol. The van der Waals surface area contributed by atoms with Gasteiger partial charge in [0, 0.05) is 12.2 Å². The van der Waals surface area contributed by atoms with Gasteiger partial charge in [0.2, 0.25) is 5.91 Å². The molecule has 0 aliphatic carbocycles. The maximum absolute atomic E-state index is 13.8. The van der Waals surface area contributed by atoms with Gasteiger partial charge in [-0.05, 0) is 56.2 Å². The third-order valence-electron chi connectivity index (χ3n) is 5.54. The number of hydrogen-bond donors (Lipinski definition) is 1. The summed E-state index contributed by atoms with van der Waals surface area (Å²) in [4.78, 5) is 30.9. The quantitative estimate of drug-likeness (QED) is 0.292. The van der Waals surface area contributed by atoms with Gasteiger partial charge in [-0.3, -0.25) is 18.8 Å².